The van der Waals surface area contributed by atoms with Crippen molar-refractivity contribution in [3.8, 4) is 11.3 Å². The third-order valence-corrected chi connectivity index (χ3v) is 4.39. The Morgan fingerprint density at radius 1 is 0.885 bits per heavy atom. The molecule has 132 valence electrons. The lowest BCUT2D eigenvalue weighted by Crippen LogP contribution is -2.19. The van der Waals surface area contributed by atoms with Gasteiger partial charge in [-0.15, -0.1) is 0 Å². The van der Waals surface area contributed by atoms with Crippen LogP contribution >= 0.6 is 0 Å². The van der Waals surface area contributed by atoms with Gasteiger partial charge in [0, 0.05) is 30.8 Å². The summed E-state index contributed by atoms with van der Waals surface area (Å²) in [6.07, 6.45) is 2.25. The largest absolute Gasteiger partial charge is 0.356 e. The highest BCUT2D eigenvalue weighted by molar-refractivity contribution is 5.66. The van der Waals surface area contributed by atoms with Gasteiger partial charge in [0.1, 0.15) is 17.5 Å². The van der Waals surface area contributed by atoms with E-state index < -0.39 is 11.6 Å². The van der Waals surface area contributed by atoms with Crippen molar-refractivity contribution in [1.82, 2.24) is 9.97 Å². The van der Waals surface area contributed by atoms with Crippen LogP contribution in [0.1, 0.15) is 12.8 Å². The molecule has 1 N–H and O–H groups in total. The number of nitrogens with one attached hydrogen (secondary N) is 1. The first-order chi connectivity index (χ1) is 12.7. The van der Waals surface area contributed by atoms with E-state index in [9.17, 15) is 8.78 Å². The fourth-order valence-electron chi connectivity index (χ4n) is 3.07. The van der Waals surface area contributed by atoms with Crippen molar-refractivity contribution in [3.05, 3.63) is 66.2 Å². The predicted octanol–water partition coefficient (Wildman–Crippen LogP) is 4.77. The van der Waals surface area contributed by atoms with Gasteiger partial charge in [-0.1, -0.05) is 30.3 Å². The molecule has 26 heavy (non-hydrogen) atoms. The maximum atomic E-state index is 14.0. The van der Waals surface area contributed by atoms with Gasteiger partial charge in [-0.2, -0.15) is 4.98 Å². The summed E-state index contributed by atoms with van der Waals surface area (Å²) in [6.45, 7) is 1.88. The number of hydrogen-bond acceptors (Lipinski definition) is 4. The highest BCUT2D eigenvalue weighted by atomic mass is 19.1. The lowest BCUT2D eigenvalue weighted by molar-refractivity contribution is 0.586. The Morgan fingerprint density at radius 3 is 2.38 bits per heavy atom. The minimum atomic E-state index is -0.679. The van der Waals surface area contributed by atoms with E-state index in [1.807, 2.05) is 36.4 Å². The number of rotatable bonds is 4. The van der Waals surface area contributed by atoms with Gasteiger partial charge in [0.25, 0.3) is 0 Å². The monoisotopic (exact) mass is 352 g/mol. The van der Waals surface area contributed by atoms with Crippen LogP contribution in [-0.4, -0.2) is 23.1 Å². The molecule has 2 aromatic carbocycles. The lowest BCUT2D eigenvalue weighted by Gasteiger charge is -2.18. The molecule has 2 heterocycles. The summed E-state index contributed by atoms with van der Waals surface area (Å²) in [5.41, 5.74) is 1.86. The molecule has 0 aliphatic carbocycles. The first-order valence-electron chi connectivity index (χ1n) is 8.60. The van der Waals surface area contributed by atoms with Gasteiger partial charge in [0.2, 0.25) is 5.95 Å². The van der Waals surface area contributed by atoms with Crippen LogP contribution in [0.3, 0.4) is 0 Å². The Hall–Kier alpha value is -3.02. The first kappa shape index (κ1) is 16.4. The number of hydrogen-bond donors (Lipinski definition) is 1. The summed E-state index contributed by atoms with van der Waals surface area (Å²) in [5, 5.41) is 2.88. The molecule has 4 rings (SSSR count). The molecule has 4 nitrogen and oxygen atoms in total. The Bertz CT molecular complexity index is 909. The van der Waals surface area contributed by atoms with Crippen LogP contribution in [0.15, 0.2) is 54.6 Å². The van der Waals surface area contributed by atoms with E-state index in [0.717, 1.165) is 49.1 Å². The molecule has 0 bridgehead atoms. The Kier molecular flexibility index (Phi) is 4.48. The fourth-order valence-corrected chi connectivity index (χ4v) is 3.07. The smallest absolute Gasteiger partial charge is 0.229 e. The number of nitrogens with zero attached hydrogens (tertiary/aromatic N) is 3. The summed E-state index contributed by atoms with van der Waals surface area (Å²) in [4.78, 5) is 11.3. The fraction of sp³-hybridized carbons (Fsp3) is 0.200. The van der Waals surface area contributed by atoms with E-state index in [1.54, 1.807) is 0 Å². The summed E-state index contributed by atoms with van der Waals surface area (Å²) < 4.78 is 27.1. The molecule has 0 spiro atoms. The van der Waals surface area contributed by atoms with E-state index in [0.29, 0.717) is 5.95 Å². The van der Waals surface area contributed by atoms with E-state index in [1.165, 1.54) is 12.1 Å². The van der Waals surface area contributed by atoms with Gasteiger partial charge < -0.3 is 10.2 Å². The van der Waals surface area contributed by atoms with Gasteiger partial charge >= 0.3 is 0 Å². The van der Waals surface area contributed by atoms with Crippen molar-refractivity contribution in [2.24, 2.45) is 0 Å². The van der Waals surface area contributed by atoms with Crippen LogP contribution in [0.25, 0.3) is 11.3 Å². The standard InChI is InChI=1S/C20H18F2N4/c21-15-8-9-17(16(22)12-15)23-20-24-18(14-6-2-1-3-7-14)13-19(25-20)26-10-4-5-11-26/h1-3,6-9,12-13H,4-5,10-11H2,(H,23,24,25). The molecule has 1 aliphatic rings. The van der Waals surface area contributed by atoms with Gasteiger partial charge in [-0.25, -0.2) is 13.8 Å². The minimum Gasteiger partial charge on any atom is -0.356 e. The molecule has 6 heteroatoms. The van der Waals surface area contributed by atoms with Crippen molar-refractivity contribution in [2.75, 3.05) is 23.3 Å². The molecule has 1 aromatic heterocycles. The maximum absolute atomic E-state index is 14.0. The molecule has 0 unspecified atom stereocenters. The molecular weight excluding hydrogens is 334 g/mol. The third kappa shape index (κ3) is 3.49. The van der Waals surface area contributed by atoms with Gasteiger partial charge in [-0.3, -0.25) is 0 Å². The average molecular weight is 352 g/mol. The van der Waals surface area contributed by atoms with Crippen LogP contribution in [0.2, 0.25) is 0 Å². The van der Waals surface area contributed by atoms with Gasteiger partial charge in [0.05, 0.1) is 11.4 Å². The second-order valence-corrected chi connectivity index (χ2v) is 6.24. The predicted molar refractivity (Wildman–Crippen MR) is 98.6 cm³/mol. The molecule has 0 atom stereocenters. The van der Waals surface area contributed by atoms with Crippen molar-refractivity contribution >= 4 is 17.5 Å². The van der Waals surface area contributed by atoms with Crippen molar-refractivity contribution in [1.29, 1.82) is 0 Å². The lowest BCUT2D eigenvalue weighted by atomic mass is 10.1. The van der Waals surface area contributed by atoms with Crippen LogP contribution in [0.4, 0.5) is 26.2 Å². The van der Waals surface area contributed by atoms with Crippen LogP contribution in [0.5, 0.6) is 0 Å². The van der Waals surface area contributed by atoms with Crippen molar-refractivity contribution < 1.29 is 8.78 Å². The summed E-state index contributed by atoms with van der Waals surface area (Å²) in [7, 11) is 0. The Labute approximate surface area is 150 Å². The van der Waals surface area contributed by atoms with Crippen LogP contribution in [-0.2, 0) is 0 Å². The molecule has 0 radical (unpaired) electrons. The van der Waals surface area contributed by atoms with Gasteiger partial charge in [-0.05, 0) is 25.0 Å². The SMILES string of the molecule is Fc1ccc(Nc2nc(-c3ccccc3)cc(N3CCCC3)n2)c(F)c1. The molecule has 0 saturated carbocycles. The highest BCUT2D eigenvalue weighted by Gasteiger charge is 2.17. The minimum absolute atomic E-state index is 0.143. The van der Waals surface area contributed by atoms with E-state index in [-0.39, 0.29) is 5.69 Å². The van der Waals surface area contributed by atoms with E-state index in [4.69, 9.17) is 0 Å². The molecular formula is C20H18F2N4. The van der Waals surface area contributed by atoms with Crippen LogP contribution < -0.4 is 10.2 Å². The number of halogens is 2. The topological polar surface area (TPSA) is 41.1 Å². The van der Waals surface area contributed by atoms with Gasteiger partial charge in [0.15, 0.2) is 0 Å². The molecule has 1 saturated heterocycles. The zero-order chi connectivity index (χ0) is 17.9. The molecule has 0 amide bonds. The highest BCUT2D eigenvalue weighted by Crippen LogP contribution is 2.27. The van der Waals surface area contributed by atoms with E-state index in [2.05, 4.69) is 20.2 Å². The molecule has 1 aliphatic heterocycles. The second-order valence-electron chi connectivity index (χ2n) is 6.24. The first-order valence-corrected chi connectivity index (χ1v) is 8.60. The quantitative estimate of drug-likeness (QED) is 0.735. The Morgan fingerprint density at radius 2 is 1.65 bits per heavy atom. The van der Waals surface area contributed by atoms with E-state index >= 15 is 0 Å². The summed E-state index contributed by atoms with van der Waals surface area (Å²) in [5.74, 6) is -0.202. The third-order valence-electron chi connectivity index (χ3n) is 4.39. The number of aromatic nitrogens is 2. The zero-order valence-electron chi connectivity index (χ0n) is 14.1. The Balaban J connectivity index is 1.74. The average Bonchev–Trinajstić information content (AvgIpc) is 3.19. The summed E-state index contributed by atoms with van der Waals surface area (Å²) >= 11 is 0. The van der Waals surface area contributed by atoms with Crippen molar-refractivity contribution in [2.45, 2.75) is 12.8 Å². The number of benzene rings is 2. The maximum Gasteiger partial charge on any atom is 0.229 e. The van der Waals surface area contributed by atoms with Crippen molar-refractivity contribution in [3.63, 3.8) is 0 Å². The normalized spacial score (nSPS) is 13.8. The number of anilines is 3. The molecule has 3 aromatic rings. The second kappa shape index (κ2) is 7.07. The van der Waals surface area contributed by atoms with Crippen LogP contribution in [0, 0.1) is 11.6 Å². The zero-order valence-corrected chi connectivity index (χ0v) is 14.1. The molecule has 1 fully saturated rings. The summed E-state index contributed by atoms with van der Waals surface area (Å²) in [6, 6.07) is 15.1.